The number of hydrogen-bond acceptors (Lipinski definition) is 6. The fourth-order valence-corrected chi connectivity index (χ4v) is 3.10. The second-order valence-electron chi connectivity index (χ2n) is 6.41. The van der Waals surface area contributed by atoms with Crippen LogP contribution in [0.5, 0.6) is 17.4 Å². The zero-order chi connectivity index (χ0) is 18.8. The molecule has 1 aliphatic carbocycles. The fraction of sp³-hybridized carbons (Fsp3) is 0.250. The minimum absolute atomic E-state index is 0.160. The molecule has 7 heteroatoms. The lowest BCUT2D eigenvalue weighted by Gasteiger charge is -2.28. The molecule has 0 amide bonds. The van der Waals surface area contributed by atoms with Crippen molar-refractivity contribution in [2.45, 2.75) is 25.2 Å². The topological polar surface area (TPSA) is 83.2 Å². The van der Waals surface area contributed by atoms with E-state index >= 15 is 4.39 Å². The van der Waals surface area contributed by atoms with Crippen LogP contribution in [0.2, 0.25) is 0 Å². The smallest absolute Gasteiger partial charge is 0.262 e. The highest BCUT2D eigenvalue weighted by Crippen LogP contribution is 2.45. The molecule has 4 rings (SSSR count). The summed E-state index contributed by atoms with van der Waals surface area (Å²) in [5.74, 6) is 0.879. The Labute approximate surface area is 156 Å². The van der Waals surface area contributed by atoms with E-state index in [-0.39, 0.29) is 23.4 Å². The number of anilines is 1. The van der Waals surface area contributed by atoms with E-state index in [0.29, 0.717) is 17.0 Å². The Morgan fingerprint density at radius 1 is 1.11 bits per heavy atom. The van der Waals surface area contributed by atoms with Crippen molar-refractivity contribution in [1.29, 1.82) is 0 Å². The van der Waals surface area contributed by atoms with E-state index in [2.05, 4.69) is 15.0 Å². The molecule has 1 fully saturated rings. The van der Waals surface area contributed by atoms with Gasteiger partial charge in [-0.1, -0.05) is 12.5 Å². The molecular weight excluding hydrogens is 347 g/mol. The standard InChI is InChI=1S/C20H19FN4O2/c1-26-16-6-3-9-23-20(16)27-19-13(12-4-2-5-12)7-8-14(18(19)21)15-10-25-17(22)11-24-15/h3,6-12H,2,4-5H2,1H3,(H2,22,25). The predicted octanol–water partition coefficient (Wildman–Crippen LogP) is 4.33. The summed E-state index contributed by atoms with van der Waals surface area (Å²) in [6, 6.07) is 7.06. The van der Waals surface area contributed by atoms with Crippen molar-refractivity contribution >= 4 is 5.82 Å². The Kier molecular flexibility index (Phi) is 4.58. The van der Waals surface area contributed by atoms with E-state index in [1.807, 2.05) is 6.07 Å². The van der Waals surface area contributed by atoms with Gasteiger partial charge in [0.05, 0.1) is 25.2 Å². The first kappa shape index (κ1) is 17.2. The average molecular weight is 366 g/mol. The van der Waals surface area contributed by atoms with Crippen LogP contribution in [0.25, 0.3) is 11.3 Å². The summed E-state index contributed by atoms with van der Waals surface area (Å²) < 4.78 is 26.7. The number of pyridine rings is 1. The molecule has 1 aromatic carbocycles. The molecule has 6 nitrogen and oxygen atoms in total. The Bertz CT molecular complexity index is 959. The van der Waals surface area contributed by atoms with Crippen LogP contribution in [0.1, 0.15) is 30.7 Å². The summed E-state index contributed by atoms with van der Waals surface area (Å²) >= 11 is 0. The number of benzene rings is 1. The first-order chi connectivity index (χ1) is 13.2. The van der Waals surface area contributed by atoms with E-state index in [4.69, 9.17) is 15.2 Å². The Balaban J connectivity index is 1.81. The van der Waals surface area contributed by atoms with Gasteiger partial charge < -0.3 is 15.2 Å². The first-order valence-electron chi connectivity index (χ1n) is 8.74. The molecule has 0 bridgehead atoms. The summed E-state index contributed by atoms with van der Waals surface area (Å²) in [5.41, 5.74) is 7.10. The molecule has 0 unspecified atom stereocenters. The molecule has 1 aliphatic rings. The van der Waals surface area contributed by atoms with Crippen molar-refractivity contribution in [3.63, 3.8) is 0 Å². The first-order valence-corrected chi connectivity index (χ1v) is 8.74. The highest BCUT2D eigenvalue weighted by Gasteiger charge is 2.28. The van der Waals surface area contributed by atoms with E-state index in [9.17, 15) is 0 Å². The number of rotatable bonds is 5. The van der Waals surface area contributed by atoms with Gasteiger partial charge in [0.25, 0.3) is 5.88 Å². The number of nitrogens with two attached hydrogens (primary N) is 1. The molecule has 2 N–H and O–H groups in total. The van der Waals surface area contributed by atoms with Crippen molar-refractivity contribution in [3.8, 4) is 28.6 Å². The SMILES string of the molecule is COc1cccnc1Oc1c(C2CCC2)ccc(-c2cnc(N)cn2)c1F. The van der Waals surface area contributed by atoms with Crippen LogP contribution in [-0.2, 0) is 0 Å². The van der Waals surface area contributed by atoms with Crippen LogP contribution < -0.4 is 15.2 Å². The van der Waals surface area contributed by atoms with E-state index < -0.39 is 5.82 Å². The van der Waals surface area contributed by atoms with Crippen molar-refractivity contribution in [2.75, 3.05) is 12.8 Å². The Morgan fingerprint density at radius 3 is 2.63 bits per heavy atom. The highest BCUT2D eigenvalue weighted by molar-refractivity contribution is 5.64. The van der Waals surface area contributed by atoms with Crippen molar-refractivity contribution in [3.05, 3.63) is 54.2 Å². The summed E-state index contributed by atoms with van der Waals surface area (Å²) in [6.45, 7) is 0. The lowest BCUT2D eigenvalue weighted by Crippen LogP contribution is -2.11. The van der Waals surface area contributed by atoms with Gasteiger partial charge >= 0.3 is 0 Å². The van der Waals surface area contributed by atoms with Gasteiger partial charge in [0, 0.05) is 17.3 Å². The second kappa shape index (κ2) is 7.19. The minimum atomic E-state index is -0.494. The van der Waals surface area contributed by atoms with Gasteiger partial charge in [-0.3, -0.25) is 4.98 Å². The maximum absolute atomic E-state index is 15.5. The molecule has 2 heterocycles. The fourth-order valence-electron chi connectivity index (χ4n) is 3.10. The summed E-state index contributed by atoms with van der Waals surface area (Å²) in [5, 5.41) is 0. The number of nitrogens with zero attached hydrogens (tertiary/aromatic N) is 3. The molecule has 2 aromatic heterocycles. The quantitative estimate of drug-likeness (QED) is 0.724. The van der Waals surface area contributed by atoms with Gasteiger partial charge in [0.2, 0.25) is 0 Å². The average Bonchev–Trinajstić information content (AvgIpc) is 2.64. The van der Waals surface area contributed by atoms with Crippen LogP contribution >= 0.6 is 0 Å². The van der Waals surface area contributed by atoms with Gasteiger partial charge in [0.15, 0.2) is 17.3 Å². The molecule has 0 spiro atoms. The third-order valence-corrected chi connectivity index (χ3v) is 4.78. The number of hydrogen-bond donors (Lipinski definition) is 1. The van der Waals surface area contributed by atoms with Gasteiger partial charge in [-0.05, 0) is 37.0 Å². The number of methoxy groups -OCH3 is 1. The van der Waals surface area contributed by atoms with E-state index in [1.165, 1.54) is 19.5 Å². The van der Waals surface area contributed by atoms with Crippen LogP contribution in [0.4, 0.5) is 10.2 Å². The molecule has 0 aliphatic heterocycles. The summed E-state index contributed by atoms with van der Waals surface area (Å²) in [7, 11) is 1.52. The largest absolute Gasteiger partial charge is 0.491 e. The maximum Gasteiger partial charge on any atom is 0.262 e. The molecule has 1 saturated carbocycles. The van der Waals surface area contributed by atoms with Gasteiger partial charge in [-0.15, -0.1) is 0 Å². The van der Waals surface area contributed by atoms with Gasteiger partial charge in [-0.2, -0.15) is 0 Å². The monoisotopic (exact) mass is 366 g/mol. The number of halogens is 1. The lowest BCUT2D eigenvalue weighted by atomic mass is 9.79. The normalized spacial score (nSPS) is 13.9. The molecule has 138 valence electrons. The maximum atomic E-state index is 15.5. The summed E-state index contributed by atoms with van der Waals surface area (Å²) in [6.07, 6.45) is 7.57. The second-order valence-corrected chi connectivity index (χ2v) is 6.41. The minimum Gasteiger partial charge on any atom is -0.491 e. The third-order valence-electron chi connectivity index (χ3n) is 4.78. The van der Waals surface area contributed by atoms with E-state index in [1.54, 1.807) is 24.4 Å². The molecule has 0 atom stereocenters. The Hall–Kier alpha value is -3.22. The van der Waals surface area contributed by atoms with Crippen molar-refractivity contribution < 1.29 is 13.9 Å². The van der Waals surface area contributed by atoms with Gasteiger partial charge in [-0.25, -0.2) is 14.4 Å². The molecular formula is C20H19FN4O2. The van der Waals surface area contributed by atoms with Crippen molar-refractivity contribution in [1.82, 2.24) is 15.0 Å². The van der Waals surface area contributed by atoms with Crippen LogP contribution in [0.3, 0.4) is 0 Å². The number of nitrogen functional groups attached to an aromatic ring is 1. The molecule has 0 radical (unpaired) electrons. The van der Waals surface area contributed by atoms with Crippen LogP contribution in [-0.4, -0.2) is 22.1 Å². The molecule has 0 saturated heterocycles. The summed E-state index contributed by atoms with van der Waals surface area (Å²) in [4.78, 5) is 12.4. The molecule has 3 aromatic rings. The number of ether oxygens (including phenoxy) is 2. The molecule has 27 heavy (non-hydrogen) atoms. The van der Waals surface area contributed by atoms with Crippen molar-refractivity contribution in [2.24, 2.45) is 0 Å². The van der Waals surface area contributed by atoms with Crippen LogP contribution in [0, 0.1) is 5.82 Å². The van der Waals surface area contributed by atoms with Gasteiger partial charge in [0.1, 0.15) is 5.82 Å². The van der Waals surface area contributed by atoms with E-state index in [0.717, 1.165) is 24.8 Å². The predicted molar refractivity (Wildman–Crippen MR) is 99.3 cm³/mol. The number of aromatic nitrogens is 3. The zero-order valence-electron chi connectivity index (χ0n) is 14.9. The lowest BCUT2D eigenvalue weighted by molar-refractivity contribution is 0.348. The highest BCUT2D eigenvalue weighted by atomic mass is 19.1. The Morgan fingerprint density at radius 2 is 1.96 bits per heavy atom. The van der Waals surface area contributed by atoms with Crippen LogP contribution in [0.15, 0.2) is 42.9 Å². The zero-order valence-corrected chi connectivity index (χ0v) is 14.9. The third kappa shape index (κ3) is 3.28.